The first-order valence-electron chi connectivity index (χ1n) is 12.9. The number of ketones is 1. The first-order chi connectivity index (χ1) is 18.5. The number of nitrogens with one attached hydrogen (secondary N) is 1. The average Bonchev–Trinajstić information content (AvgIpc) is 3.28. The van der Waals surface area contributed by atoms with Gasteiger partial charge in [0.25, 0.3) is 0 Å². The van der Waals surface area contributed by atoms with Gasteiger partial charge in [-0.25, -0.2) is 9.59 Å². The molecule has 1 heterocycles. The van der Waals surface area contributed by atoms with E-state index in [0.29, 0.717) is 17.5 Å². The van der Waals surface area contributed by atoms with Gasteiger partial charge in [-0.1, -0.05) is 55.5 Å². The second-order valence-electron chi connectivity index (χ2n) is 10.3. The van der Waals surface area contributed by atoms with Gasteiger partial charge in [-0.2, -0.15) is 0 Å². The van der Waals surface area contributed by atoms with Crippen molar-refractivity contribution in [3.63, 3.8) is 0 Å². The Bertz CT molecular complexity index is 1310. The molecule has 2 aromatic carbocycles. The third-order valence-corrected chi connectivity index (χ3v) is 6.13. The quantitative estimate of drug-likeness (QED) is 0.272. The third kappa shape index (κ3) is 8.17. The zero-order valence-corrected chi connectivity index (χ0v) is 23.1. The summed E-state index contributed by atoms with van der Waals surface area (Å²) in [6.07, 6.45) is 0.703. The summed E-state index contributed by atoms with van der Waals surface area (Å²) >= 11 is 0. The van der Waals surface area contributed by atoms with Crippen molar-refractivity contribution in [1.82, 2.24) is 9.88 Å². The Kier molecular flexibility index (Phi) is 9.87. The van der Waals surface area contributed by atoms with Gasteiger partial charge in [0.1, 0.15) is 12.2 Å². The van der Waals surface area contributed by atoms with Crippen LogP contribution < -0.4 is 5.32 Å². The molecule has 9 nitrogen and oxygen atoms in total. The number of benzene rings is 2. The van der Waals surface area contributed by atoms with Gasteiger partial charge in [0.15, 0.2) is 5.78 Å². The topological polar surface area (TPSA) is 113 Å². The normalized spacial score (nSPS) is 12.8. The SMILES string of the molecule is CC[C@@H](NC(=O)OCc1ccccc1)C(=O)CC(Cc1cn(C(=O)OC(C)(C)C)c2ccccc12)C(=O)OC. The van der Waals surface area contributed by atoms with Crippen molar-refractivity contribution in [2.75, 3.05) is 7.11 Å². The maximum atomic E-state index is 13.2. The van der Waals surface area contributed by atoms with Crippen molar-refractivity contribution in [2.45, 2.75) is 65.2 Å². The predicted octanol–water partition coefficient (Wildman–Crippen LogP) is 5.42. The van der Waals surface area contributed by atoms with Gasteiger partial charge in [-0.05, 0) is 50.8 Å². The zero-order chi connectivity index (χ0) is 28.6. The molecule has 0 aliphatic rings. The minimum atomic E-state index is -0.830. The monoisotopic (exact) mass is 536 g/mol. The van der Waals surface area contributed by atoms with Crippen LogP contribution in [0.3, 0.4) is 0 Å². The highest BCUT2D eigenvalue weighted by molar-refractivity contribution is 5.93. The average molecular weight is 537 g/mol. The summed E-state index contributed by atoms with van der Waals surface area (Å²) in [5.74, 6) is -1.70. The molecule has 3 aromatic rings. The van der Waals surface area contributed by atoms with Gasteiger partial charge in [0.2, 0.25) is 0 Å². The first-order valence-corrected chi connectivity index (χ1v) is 12.9. The Morgan fingerprint density at radius 3 is 2.28 bits per heavy atom. The minimum absolute atomic E-state index is 0.0732. The Hall–Kier alpha value is -4.14. The first kappa shape index (κ1) is 29.4. The summed E-state index contributed by atoms with van der Waals surface area (Å²) < 4.78 is 17.2. The lowest BCUT2D eigenvalue weighted by atomic mass is 9.91. The molecule has 0 saturated heterocycles. The summed E-state index contributed by atoms with van der Waals surface area (Å²) in [4.78, 5) is 51.1. The summed E-state index contributed by atoms with van der Waals surface area (Å²) in [5.41, 5.74) is 1.46. The van der Waals surface area contributed by atoms with E-state index in [4.69, 9.17) is 14.2 Å². The molecule has 1 amide bonds. The van der Waals surface area contributed by atoms with Gasteiger partial charge in [0, 0.05) is 18.0 Å². The second-order valence-corrected chi connectivity index (χ2v) is 10.3. The van der Waals surface area contributed by atoms with Crippen LogP contribution in [-0.4, -0.2) is 47.3 Å². The number of alkyl carbamates (subject to hydrolysis) is 1. The second kappa shape index (κ2) is 13.1. The highest BCUT2D eigenvalue weighted by Gasteiger charge is 2.30. The number of methoxy groups -OCH3 is 1. The number of para-hydroxylation sites is 1. The fraction of sp³-hybridized carbons (Fsp3) is 0.400. The van der Waals surface area contributed by atoms with E-state index in [1.165, 1.54) is 11.7 Å². The fourth-order valence-electron chi connectivity index (χ4n) is 4.25. The van der Waals surface area contributed by atoms with Crippen molar-refractivity contribution < 1.29 is 33.4 Å². The van der Waals surface area contributed by atoms with Crippen LogP contribution >= 0.6 is 0 Å². The molecular formula is C30H36N2O7. The molecule has 1 N–H and O–H groups in total. The number of amides is 1. The summed E-state index contributed by atoms with van der Waals surface area (Å²) in [7, 11) is 1.26. The van der Waals surface area contributed by atoms with Crippen molar-refractivity contribution in [3.8, 4) is 0 Å². The lowest BCUT2D eigenvalue weighted by Gasteiger charge is -2.20. The zero-order valence-electron chi connectivity index (χ0n) is 23.1. The highest BCUT2D eigenvalue weighted by Crippen LogP contribution is 2.27. The molecule has 0 radical (unpaired) electrons. The molecule has 0 fully saturated rings. The minimum Gasteiger partial charge on any atom is -0.469 e. The van der Waals surface area contributed by atoms with Crippen LogP contribution in [0.4, 0.5) is 9.59 Å². The molecule has 3 rings (SSSR count). The van der Waals surface area contributed by atoms with E-state index >= 15 is 0 Å². The number of Topliss-reactive ketones (excluding diaryl/α,β-unsaturated/α-hetero) is 1. The van der Waals surface area contributed by atoms with Crippen LogP contribution in [0.15, 0.2) is 60.8 Å². The predicted molar refractivity (Wildman–Crippen MR) is 146 cm³/mol. The van der Waals surface area contributed by atoms with Crippen LogP contribution in [0.5, 0.6) is 0 Å². The molecule has 1 unspecified atom stereocenters. The van der Waals surface area contributed by atoms with Gasteiger partial charge in [0.05, 0.1) is 24.6 Å². The number of ether oxygens (including phenoxy) is 3. The standard InChI is InChI=1S/C30H36N2O7/c1-6-24(31-28(35)38-19-20-12-8-7-9-13-20)26(33)17-21(27(34)37-5)16-22-18-32(29(36)39-30(2,3)4)25-15-11-10-14-23(22)25/h7-15,18,21,24H,6,16-17,19H2,1-5H3,(H,31,35)/t21?,24-/m1/s1. The van der Waals surface area contributed by atoms with Crippen LogP contribution in [-0.2, 0) is 36.8 Å². The molecular weight excluding hydrogens is 500 g/mol. The van der Waals surface area contributed by atoms with Crippen molar-refractivity contribution in [2.24, 2.45) is 5.92 Å². The molecule has 0 aliphatic carbocycles. The fourth-order valence-corrected chi connectivity index (χ4v) is 4.25. The largest absolute Gasteiger partial charge is 0.469 e. The number of hydrogen-bond acceptors (Lipinski definition) is 7. The van der Waals surface area contributed by atoms with Gasteiger partial charge in [-0.3, -0.25) is 14.2 Å². The van der Waals surface area contributed by atoms with E-state index in [1.807, 2.05) is 48.5 Å². The third-order valence-electron chi connectivity index (χ3n) is 6.13. The molecule has 39 heavy (non-hydrogen) atoms. The number of hydrogen-bond donors (Lipinski definition) is 1. The van der Waals surface area contributed by atoms with Gasteiger partial charge < -0.3 is 19.5 Å². The van der Waals surface area contributed by atoms with Crippen molar-refractivity contribution >= 4 is 34.8 Å². The highest BCUT2D eigenvalue weighted by atomic mass is 16.6. The van der Waals surface area contributed by atoms with E-state index in [2.05, 4.69) is 5.32 Å². The number of rotatable bonds is 10. The number of carbonyl (C=O) groups is 4. The van der Waals surface area contributed by atoms with E-state index in [-0.39, 0.29) is 25.2 Å². The molecule has 0 spiro atoms. The molecule has 9 heteroatoms. The maximum Gasteiger partial charge on any atom is 0.419 e. The van der Waals surface area contributed by atoms with E-state index < -0.39 is 35.7 Å². The van der Waals surface area contributed by atoms with Crippen LogP contribution in [0.1, 0.15) is 51.7 Å². The van der Waals surface area contributed by atoms with Crippen LogP contribution in [0.2, 0.25) is 0 Å². The molecule has 2 atom stereocenters. The maximum absolute atomic E-state index is 13.2. The Morgan fingerprint density at radius 2 is 1.64 bits per heavy atom. The summed E-state index contributed by atoms with van der Waals surface area (Å²) in [5, 5.41) is 3.37. The van der Waals surface area contributed by atoms with Crippen molar-refractivity contribution in [3.05, 3.63) is 71.9 Å². The van der Waals surface area contributed by atoms with E-state index in [9.17, 15) is 19.2 Å². The summed E-state index contributed by atoms with van der Waals surface area (Å²) in [6.45, 7) is 7.19. The molecule has 0 bridgehead atoms. The van der Waals surface area contributed by atoms with Crippen LogP contribution in [0.25, 0.3) is 10.9 Å². The molecule has 0 saturated carbocycles. The Morgan fingerprint density at radius 1 is 0.974 bits per heavy atom. The smallest absolute Gasteiger partial charge is 0.419 e. The number of nitrogens with zero attached hydrogens (tertiary/aromatic N) is 1. The number of esters is 1. The molecule has 208 valence electrons. The number of aromatic nitrogens is 1. The van der Waals surface area contributed by atoms with Crippen LogP contribution in [0, 0.1) is 5.92 Å². The number of carbonyl (C=O) groups excluding carboxylic acids is 4. The Labute approximate surface area is 228 Å². The Balaban J connectivity index is 1.74. The van der Waals surface area contributed by atoms with E-state index in [1.54, 1.807) is 40.0 Å². The van der Waals surface area contributed by atoms with E-state index in [0.717, 1.165) is 10.9 Å². The van der Waals surface area contributed by atoms with Gasteiger partial charge >= 0.3 is 18.2 Å². The molecule has 0 aliphatic heterocycles. The number of fused-ring (bicyclic) bond motifs is 1. The summed E-state index contributed by atoms with van der Waals surface area (Å²) in [6, 6.07) is 15.7. The van der Waals surface area contributed by atoms with Crippen molar-refractivity contribution in [1.29, 1.82) is 0 Å². The lowest BCUT2D eigenvalue weighted by molar-refractivity contribution is -0.147. The van der Waals surface area contributed by atoms with Gasteiger partial charge in [-0.15, -0.1) is 0 Å². The lowest BCUT2D eigenvalue weighted by Crippen LogP contribution is -2.42. The molecule has 1 aromatic heterocycles.